The highest BCUT2D eigenvalue weighted by Crippen LogP contribution is 2.32. The lowest BCUT2D eigenvalue weighted by atomic mass is 10.0. The molecule has 0 amide bonds. The van der Waals surface area contributed by atoms with Crippen LogP contribution in [-0.2, 0) is 0 Å². The maximum absolute atomic E-state index is 9.63. The molecule has 0 aromatic heterocycles. The summed E-state index contributed by atoms with van der Waals surface area (Å²) >= 11 is 0. The third kappa shape index (κ3) is 2.34. The highest BCUT2D eigenvalue weighted by atomic mass is 16.3. The Kier molecular flexibility index (Phi) is 3.99. The fourth-order valence-corrected chi connectivity index (χ4v) is 1.44. The highest BCUT2D eigenvalue weighted by Gasteiger charge is 2.04. The third-order valence-corrected chi connectivity index (χ3v) is 2.16. The van der Waals surface area contributed by atoms with E-state index in [1.807, 2.05) is 36.4 Å². The largest absolute Gasteiger partial charge is 0.507 e. The Hall–Kier alpha value is -2.40. The minimum atomic E-state index is 0.255. The first-order valence-electron chi connectivity index (χ1n) is 4.75. The number of para-hydroxylation sites is 2. The lowest BCUT2D eigenvalue weighted by Gasteiger charge is -2.06. The fourth-order valence-electron chi connectivity index (χ4n) is 1.44. The number of terminal acetylenes is 1. The summed E-state index contributed by atoms with van der Waals surface area (Å²) in [6.07, 6.45) is 8.00. The first-order valence-corrected chi connectivity index (χ1v) is 4.75. The predicted octanol–water partition coefficient (Wildman–Crippen LogP) is 2.89. The number of rotatable bonds is 1. The Morgan fingerprint density at radius 3 is 1.88 bits per heavy atom. The van der Waals surface area contributed by atoms with Crippen molar-refractivity contribution >= 4 is 5.69 Å². The van der Waals surface area contributed by atoms with Crippen LogP contribution in [0.5, 0.6) is 5.75 Å². The van der Waals surface area contributed by atoms with Gasteiger partial charge in [-0.2, -0.15) is 0 Å². The van der Waals surface area contributed by atoms with E-state index < -0.39 is 0 Å². The van der Waals surface area contributed by atoms with E-state index in [9.17, 15) is 5.11 Å². The van der Waals surface area contributed by atoms with Gasteiger partial charge in [-0.1, -0.05) is 36.4 Å². The predicted molar refractivity (Wildman–Crippen MR) is 67.8 cm³/mol. The fraction of sp³-hybridized carbons (Fsp3) is 0. The van der Waals surface area contributed by atoms with Gasteiger partial charge in [0.15, 0.2) is 0 Å². The van der Waals surface area contributed by atoms with Gasteiger partial charge in [0.25, 0.3) is 0 Å². The average Bonchev–Trinajstić information content (AvgIpc) is 2.34. The van der Waals surface area contributed by atoms with Crippen LogP contribution in [0.25, 0.3) is 11.1 Å². The quantitative estimate of drug-likeness (QED) is 0.562. The molecule has 0 radical (unpaired) electrons. The normalized spacial score (nSPS) is 8.88. The van der Waals surface area contributed by atoms with Gasteiger partial charge in [0, 0.05) is 16.8 Å². The second-order valence-electron chi connectivity index (χ2n) is 3.10. The number of hydrogen-bond donors (Lipinski definition) is 2. The van der Waals surface area contributed by atoms with Crippen LogP contribution in [0.3, 0.4) is 0 Å². The number of anilines is 1. The first kappa shape index (κ1) is 11.7. The Balaban J connectivity index is 0.000000606. The van der Waals surface area contributed by atoms with Crippen LogP contribution in [0.15, 0.2) is 48.5 Å². The molecule has 0 heterocycles. The van der Waals surface area contributed by atoms with Crippen molar-refractivity contribution in [1.82, 2.24) is 0 Å². The van der Waals surface area contributed by atoms with Crippen LogP contribution in [0, 0.1) is 12.8 Å². The second kappa shape index (κ2) is 5.47. The van der Waals surface area contributed by atoms with Crippen molar-refractivity contribution in [2.45, 2.75) is 0 Å². The van der Waals surface area contributed by atoms with Crippen molar-refractivity contribution in [3.8, 4) is 29.7 Å². The molecule has 3 N–H and O–H groups in total. The van der Waals surface area contributed by atoms with Crippen LogP contribution in [-0.4, -0.2) is 5.11 Å². The van der Waals surface area contributed by atoms with Gasteiger partial charge in [0.1, 0.15) is 5.75 Å². The number of aromatic hydroxyl groups is 1. The molecule has 16 heavy (non-hydrogen) atoms. The van der Waals surface area contributed by atoms with E-state index in [4.69, 9.17) is 5.73 Å². The average molecular weight is 211 g/mol. The SMILES string of the molecule is C#C.Nc1ccccc1-c1ccccc1O. The first-order chi connectivity index (χ1) is 7.79. The molecule has 2 heteroatoms. The van der Waals surface area contributed by atoms with Crippen LogP contribution >= 0.6 is 0 Å². The van der Waals surface area contributed by atoms with Crippen LogP contribution in [0.1, 0.15) is 0 Å². The summed E-state index contributed by atoms with van der Waals surface area (Å²) in [6.45, 7) is 0. The lowest BCUT2D eigenvalue weighted by Crippen LogP contribution is -1.89. The van der Waals surface area contributed by atoms with Gasteiger partial charge in [-0.15, -0.1) is 12.8 Å². The van der Waals surface area contributed by atoms with Gasteiger partial charge >= 0.3 is 0 Å². The standard InChI is InChI=1S/C12H11NO.C2H2/c13-11-7-3-1-5-9(11)10-6-2-4-8-12(10)14;1-2/h1-8,14H,13H2;1-2H. The maximum Gasteiger partial charge on any atom is 0.123 e. The van der Waals surface area contributed by atoms with E-state index >= 15 is 0 Å². The van der Waals surface area contributed by atoms with Crippen molar-refractivity contribution in [1.29, 1.82) is 0 Å². The number of phenols is 1. The van der Waals surface area contributed by atoms with E-state index in [0.717, 1.165) is 11.1 Å². The molecule has 0 aliphatic carbocycles. The van der Waals surface area contributed by atoms with Crippen molar-refractivity contribution in [2.75, 3.05) is 5.73 Å². The zero-order chi connectivity index (χ0) is 12.0. The third-order valence-electron chi connectivity index (χ3n) is 2.16. The zero-order valence-corrected chi connectivity index (χ0v) is 8.80. The molecule has 0 fully saturated rings. The molecule has 2 aromatic rings. The van der Waals surface area contributed by atoms with E-state index in [-0.39, 0.29) is 5.75 Å². The Labute approximate surface area is 95.4 Å². The van der Waals surface area contributed by atoms with E-state index in [2.05, 4.69) is 12.8 Å². The summed E-state index contributed by atoms with van der Waals surface area (Å²) in [5, 5.41) is 9.63. The van der Waals surface area contributed by atoms with Gasteiger partial charge in [-0.05, 0) is 12.1 Å². The molecular formula is C14H13NO. The summed E-state index contributed by atoms with van der Waals surface area (Å²) in [5.41, 5.74) is 8.12. The molecule has 0 saturated carbocycles. The molecule has 0 bridgehead atoms. The molecule has 0 spiro atoms. The molecule has 0 atom stereocenters. The van der Waals surface area contributed by atoms with Gasteiger partial charge in [0.05, 0.1) is 0 Å². The number of hydrogen-bond acceptors (Lipinski definition) is 2. The summed E-state index contributed by atoms with van der Waals surface area (Å²) in [5.74, 6) is 0.255. The second-order valence-corrected chi connectivity index (χ2v) is 3.10. The van der Waals surface area contributed by atoms with Crippen LogP contribution in [0.2, 0.25) is 0 Å². The summed E-state index contributed by atoms with van der Waals surface area (Å²) < 4.78 is 0. The number of nitrogens with two attached hydrogens (primary N) is 1. The monoisotopic (exact) mass is 211 g/mol. The van der Waals surface area contributed by atoms with Crippen LogP contribution < -0.4 is 5.73 Å². The van der Waals surface area contributed by atoms with E-state index in [1.54, 1.807) is 12.1 Å². The Morgan fingerprint density at radius 1 is 0.812 bits per heavy atom. The minimum Gasteiger partial charge on any atom is -0.507 e. The molecule has 80 valence electrons. The zero-order valence-electron chi connectivity index (χ0n) is 8.80. The molecular weight excluding hydrogens is 198 g/mol. The molecule has 2 aromatic carbocycles. The molecule has 0 unspecified atom stereocenters. The summed E-state index contributed by atoms with van der Waals surface area (Å²) in [6, 6.07) is 14.7. The van der Waals surface area contributed by atoms with Gasteiger partial charge in [-0.25, -0.2) is 0 Å². The topological polar surface area (TPSA) is 46.2 Å². The molecule has 2 nitrogen and oxygen atoms in total. The van der Waals surface area contributed by atoms with Crippen molar-refractivity contribution in [3.05, 3.63) is 48.5 Å². The van der Waals surface area contributed by atoms with Crippen molar-refractivity contribution in [3.63, 3.8) is 0 Å². The summed E-state index contributed by atoms with van der Waals surface area (Å²) in [7, 11) is 0. The van der Waals surface area contributed by atoms with E-state index in [0.29, 0.717) is 5.69 Å². The molecule has 0 aliphatic heterocycles. The minimum absolute atomic E-state index is 0.255. The molecule has 2 rings (SSSR count). The van der Waals surface area contributed by atoms with Gasteiger partial charge in [0.2, 0.25) is 0 Å². The molecule has 0 saturated heterocycles. The lowest BCUT2D eigenvalue weighted by molar-refractivity contribution is 0.477. The highest BCUT2D eigenvalue weighted by molar-refractivity contribution is 5.79. The van der Waals surface area contributed by atoms with Crippen molar-refractivity contribution in [2.24, 2.45) is 0 Å². The molecule has 0 aliphatic rings. The Morgan fingerprint density at radius 2 is 1.31 bits per heavy atom. The maximum atomic E-state index is 9.63. The van der Waals surface area contributed by atoms with E-state index in [1.165, 1.54) is 0 Å². The van der Waals surface area contributed by atoms with Gasteiger partial charge < -0.3 is 10.8 Å². The number of nitrogen functional groups attached to an aromatic ring is 1. The van der Waals surface area contributed by atoms with Gasteiger partial charge in [-0.3, -0.25) is 0 Å². The Bertz CT molecular complexity index is 445. The number of phenolic OH excluding ortho intramolecular Hbond substituents is 1. The smallest absolute Gasteiger partial charge is 0.123 e. The van der Waals surface area contributed by atoms with Crippen molar-refractivity contribution < 1.29 is 5.11 Å². The van der Waals surface area contributed by atoms with Crippen LogP contribution in [0.4, 0.5) is 5.69 Å². The number of benzene rings is 2. The summed E-state index contributed by atoms with van der Waals surface area (Å²) in [4.78, 5) is 0.